The average molecular weight is 377 g/mol. The van der Waals surface area contributed by atoms with Crippen LogP contribution in [0.1, 0.15) is 23.6 Å². The standard InChI is InChI=1S/C23H27N3O2/c1-27-21-7-6-19(15-22(21)28-2)23(26-12-3-9-24-11-13-26)18-4-5-20-16-25-10-8-17(20)14-18/h4-8,10,14-16,23-24H,3,9,11-13H2,1-2H3. The van der Waals surface area contributed by atoms with Gasteiger partial charge >= 0.3 is 0 Å². The van der Waals surface area contributed by atoms with Crippen molar-refractivity contribution in [3.8, 4) is 11.5 Å². The molecule has 28 heavy (non-hydrogen) atoms. The van der Waals surface area contributed by atoms with E-state index < -0.39 is 0 Å². The fourth-order valence-electron chi connectivity index (χ4n) is 4.03. The zero-order valence-corrected chi connectivity index (χ0v) is 16.5. The highest BCUT2D eigenvalue weighted by Gasteiger charge is 2.24. The van der Waals surface area contributed by atoms with Crippen LogP contribution >= 0.6 is 0 Å². The highest BCUT2D eigenvalue weighted by molar-refractivity contribution is 5.82. The average Bonchev–Trinajstić information content (AvgIpc) is 3.03. The number of aromatic nitrogens is 1. The molecular formula is C23H27N3O2. The van der Waals surface area contributed by atoms with Gasteiger partial charge in [-0.1, -0.05) is 18.2 Å². The van der Waals surface area contributed by atoms with E-state index in [4.69, 9.17) is 9.47 Å². The topological polar surface area (TPSA) is 46.6 Å². The van der Waals surface area contributed by atoms with E-state index in [2.05, 4.69) is 51.6 Å². The summed E-state index contributed by atoms with van der Waals surface area (Å²) < 4.78 is 11.0. The second-order valence-corrected chi connectivity index (χ2v) is 7.14. The van der Waals surface area contributed by atoms with Crippen molar-refractivity contribution in [2.24, 2.45) is 0 Å². The van der Waals surface area contributed by atoms with Crippen molar-refractivity contribution in [1.29, 1.82) is 0 Å². The maximum atomic E-state index is 5.58. The lowest BCUT2D eigenvalue weighted by atomic mass is 9.94. The largest absolute Gasteiger partial charge is 0.493 e. The molecular weight excluding hydrogens is 350 g/mol. The van der Waals surface area contributed by atoms with Crippen LogP contribution in [0.4, 0.5) is 0 Å². The third-order valence-corrected chi connectivity index (χ3v) is 5.44. The Morgan fingerprint density at radius 1 is 0.893 bits per heavy atom. The van der Waals surface area contributed by atoms with Gasteiger partial charge in [0.05, 0.1) is 20.3 Å². The number of fused-ring (bicyclic) bond motifs is 1. The Hall–Kier alpha value is -2.63. The summed E-state index contributed by atoms with van der Waals surface area (Å²) in [6, 6.07) is 15.2. The first-order valence-electron chi connectivity index (χ1n) is 9.80. The van der Waals surface area contributed by atoms with Crippen LogP contribution < -0.4 is 14.8 Å². The van der Waals surface area contributed by atoms with E-state index in [0.29, 0.717) is 0 Å². The Morgan fingerprint density at radius 2 is 1.71 bits per heavy atom. The first-order chi connectivity index (χ1) is 13.8. The van der Waals surface area contributed by atoms with Crippen molar-refractivity contribution >= 4 is 10.8 Å². The molecule has 0 spiro atoms. The Morgan fingerprint density at radius 3 is 2.57 bits per heavy atom. The number of benzene rings is 2. The fourth-order valence-corrected chi connectivity index (χ4v) is 4.03. The molecule has 0 aliphatic carbocycles. The third kappa shape index (κ3) is 3.81. The first-order valence-corrected chi connectivity index (χ1v) is 9.80. The van der Waals surface area contributed by atoms with Crippen LogP contribution in [-0.4, -0.2) is 50.3 Å². The van der Waals surface area contributed by atoms with Gasteiger partial charge in [-0.05, 0) is 53.7 Å². The van der Waals surface area contributed by atoms with E-state index in [1.807, 2.05) is 18.5 Å². The van der Waals surface area contributed by atoms with Crippen molar-refractivity contribution in [2.75, 3.05) is 40.4 Å². The summed E-state index contributed by atoms with van der Waals surface area (Å²) in [5.74, 6) is 1.52. The maximum Gasteiger partial charge on any atom is 0.161 e. The normalized spacial score (nSPS) is 16.5. The van der Waals surface area contributed by atoms with Gasteiger partial charge in [-0.25, -0.2) is 0 Å². The van der Waals surface area contributed by atoms with Crippen LogP contribution in [-0.2, 0) is 0 Å². The van der Waals surface area contributed by atoms with E-state index in [-0.39, 0.29) is 6.04 Å². The van der Waals surface area contributed by atoms with Crippen molar-refractivity contribution < 1.29 is 9.47 Å². The number of pyridine rings is 1. The Bertz CT molecular complexity index is 936. The van der Waals surface area contributed by atoms with Gasteiger partial charge in [0.25, 0.3) is 0 Å². The molecule has 146 valence electrons. The number of methoxy groups -OCH3 is 2. The molecule has 3 aromatic rings. The van der Waals surface area contributed by atoms with E-state index >= 15 is 0 Å². The van der Waals surface area contributed by atoms with Gasteiger partial charge in [0.15, 0.2) is 11.5 Å². The number of nitrogens with one attached hydrogen (secondary N) is 1. The van der Waals surface area contributed by atoms with E-state index in [9.17, 15) is 0 Å². The Kier molecular flexibility index (Phi) is 5.74. The molecule has 1 fully saturated rings. The van der Waals surface area contributed by atoms with Gasteiger partial charge in [0.2, 0.25) is 0 Å². The molecule has 0 radical (unpaired) electrons. The van der Waals surface area contributed by atoms with E-state index in [1.54, 1.807) is 14.2 Å². The summed E-state index contributed by atoms with van der Waals surface area (Å²) in [6.07, 6.45) is 4.91. The lowest BCUT2D eigenvalue weighted by Crippen LogP contribution is -2.33. The second kappa shape index (κ2) is 8.59. The monoisotopic (exact) mass is 377 g/mol. The smallest absolute Gasteiger partial charge is 0.161 e. The Balaban J connectivity index is 1.81. The van der Waals surface area contributed by atoms with Crippen molar-refractivity contribution in [1.82, 2.24) is 15.2 Å². The van der Waals surface area contributed by atoms with Gasteiger partial charge in [-0.3, -0.25) is 9.88 Å². The van der Waals surface area contributed by atoms with Gasteiger partial charge < -0.3 is 14.8 Å². The molecule has 4 rings (SSSR count). The number of ether oxygens (including phenoxy) is 2. The summed E-state index contributed by atoms with van der Waals surface area (Å²) in [5.41, 5.74) is 2.50. The molecule has 0 bridgehead atoms. The SMILES string of the molecule is COc1ccc(C(c2ccc3cnccc3c2)N2CCCNCC2)cc1OC. The number of hydrogen-bond acceptors (Lipinski definition) is 5. The zero-order chi connectivity index (χ0) is 19.3. The quantitative estimate of drug-likeness (QED) is 0.736. The predicted molar refractivity (Wildman–Crippen MR) is 112 cm³/mol. The predicted octanol–water partition coefficient (Wildman–Crippen LogP) is 3.64. The molecule has 1 aromatic heterocycles. The molecule has 0 amide bonds. The molecule has 1 saturated heterocycles. The van der Waals surface area contributed by atoms with Crippen LogP contribution in [0, 0.1) is 0 Å². The summed E-state index contributed by atoms with van der Waals surface area (Å²) >= 11 is 0. The fraction of sp³-hybridized carbons (Fsp3) is 0.348. The Labute approximate surface area is 166 Å². The van der Waals surface area contributed by atoms with Crippen LogP contribution in [0.15, 0.2) is 54.9 Å². The van der Waals surface area contributed by atoms with Crippen LogP contribution in [0.3, 0.4) is 0 Å². The number of rotatable bonds is 5. The van der Waals surface area contributed by atoms with Crippen molar-refractivity contribution in [3.63, 3.8) is 0 Å². The zero-order valence-electron chi connectivity index (χ0n) is 16.5. The second-order valence-electron chi connectivity index (χ2n) is 7.14. The number of nitrogens with zero attached hydrogens (tertiary/aromatic N) is 2. The summed E-state index contributed by atoms with van der Waals surface area (Å²) in [5, 5.41) is 5.89. The van der Waals surface area contributed by atoms with Gasteiger partial charge in [-0.15, -0.1) is 0 Å². The molecule has 1 N–H and O–H groups in total. The minimum Gasteiger partial charge on any atom is -0.493 e. The first kappa shape index (κ1) is 18.7. The molecule has 5 nitrogen and oxygen atoms in total. The van der Waals surface area contributed by atoms with Gasteiger partial charge in [-0.2, -0.15) is 0 Å². The number of hydrogen-bond donors (Lipinski definition) is 1. The van der Waals surface area contributed by atoms with E-state index in [0.717, 1.165) is 49.5 Å². The minimum absolute atomic E-state index is 0.164. The van der Waals surface area contributed by atoms with Crippen molar-refractivity contribution in [3.05, 3.63) is 66.0 Å². The molecule has 2 heterocycles. The lowest BCUT2D eigenvalue weighted by molar-refractivity contribution is 0.240. The summed E-state index contributed by atoms with van der Waals surface area (Å²) in [7, 11) is 3.36. The van der Waals surface area contributed by atoms with Crippen LogP contribution in [0.2, 0.25) is 0 Å². The summed E-state index contributed by atoms with van der Waals surface area (Å²) in [6.45, 7) is 4.13. The molecule has 5 heteroatoms. The third-order valence-electron chi connectivity index (χ3n) is 5.44. The molecule has 2 aromatic carbocycles. The van der Waals surface area contributed by atoms with Crippen molar-refractivity contribution in [2.45, 2.75) is 12.5 Å². The van der Waals surface area contributed by atoms with E-state index in [1.165, 1.54) is 16.5 Å². The van der Waals surface area contributed by atoms with Crippen LogP contribution in [0.5, 0.6) is 11.5 Å². The molecule has 0 saturated carbocycles. The molecule has 1 unspecified atom stereocenters. The molecule has 1 atom stereocenters. The molecule has 1 aliphatic rings. The minimum atomic E-state index is 0.164. The maximum absolute atomic E-state index is 5.58. The summed E-state index contributed by atoms with van der Waals surface area (Å²) in [4.78, 5) is 6.80. The lowest BCUT2D eigenvalue weighted by Gasteiger charge is -2.32. The highest BCUT2D eigenvalue weighted by Crippen LogP contribution is 2.36. The van der Waals surface area contributed by atoms with Gasteiger partial charge in [0, 0.05) is 37.4 Å². The molecule has 1 aliphatic heterocycles. The van der Waals surface area contributed by atoms with Crippen LogP contribution in [0.25, 0.3) is 10.8 Å². The van der Waals surface area contributed by atoms with Gasteiger partial charge in [0.1, 0.15) is 0 Å². The highest BCUT2D eigenvalue weighted by atomic mass is 16.5.